The number of halogens is 1. The maximum atomic E-state index is 15.7. The van der Waals surface area contributed by atoms with Crippen molar-refractivity contribution in [2.75, 3.05) is 11.1 Å². The third kappa shape index (κ3) is 5.77. The molecule has 0 radical (unpaired) electrons. The number of carbonyl (C=O) groups is 1. The van der Waals surface area contributed by atoms with Crippen molar-refractivity contribution >= 4 is 38.8 Å². The van der Waals surface area contributed by atoms with Crippen molar-refractivity contribution in [2.24, 2.45) is 7.05 Å². The van der Waals surface area contributed by atoms with Gasteiger partial charge in [-0.25, -0.2) is 19.3 Å². The van der Waals surface area contributed by atoms with Crippen LogP contribution in [0, 0.1) is 12.7 Å². The summed E-state index contributed by atoms with van der Waals surface area (Å²) >= 11 is 1.55. The van der Waals surface area contributed by atoms with Crippen LogP contribution in [0.4, 0.5) is 15.9 Å². The monoisotopic (exact) mass is 619 g/mol. The number of pyridine rings is 1. The van der Waals surface area contributed by atoms with Crippen molar-refractivity contribution in [2.45, 2.75) is 27.2 Å². The number of ether oxygens (including phenoxy) is 1. The van der Waals surface area contributed by atoms with Gasteiger partial charge in [0.1, 0.15) is 5.82 Å². The van der Waals surface area contributed by atoms with Crippen molar-refractivity contribution in [3.8, 4) is 44.5 Å². The third-order valence-electron chi connectivity index (χ3n) is 7.33. The fourth-order valence-electron chi connectivity index (χ4n) is 5.09. The Bertz CT molecular complexity index is 2120. The molecule has 11 heteroatoms. The number of rotatable bonds is 8. The van der Waals surface area contributed by atoms with Gasteiger partial charge in [0.25, 0.3) is 5.91 Å². The topological polar surface area (TPSA) is 121 Å². The van der Waals surface area contributed by atoms with E-state index in [1.54, 1.807) is 66.7 Å². The molecule has 0 saturated carbocycles. The molecule has 2 aromatic carbocycles. The number of nitrogens with two attached hydrogens (primary N) is 1. The molecule has 0 aliphatic rings. The summed E-state index contributed by atoms with van der Waals surface area (Å²) in [7, 11) is 1.85. The van der Waals surface area contributed by atoms with Crippen molar-refractivity contribution in [3.05, 3.63) is 96.5 Å². The number of carbonyl (C=O) groups excluding carboxylic acids is 1. The predicted octanol–water partition coefficient (Wildman–Crippen LogP) is 7.72. The standard InChI is InChI=1S/C34H30FN7O2S/c1-6-20-13-23(41-33(43)18(2)3)8-9-24(20)30-28(21-7-10-27(26(35)14-21)44-34-37-12-11-19(4)40-34)29-31(45-30)25(16-38-32(29)36)22-15-39-42(5)17-22/h7-17H,2,6H2,1,3-5H3,(H2,36,38)(H,41,43). The van der Waals surface area contributed by atoms with Crippen LogP contribution in [0.2, 0.25) is 0 Å². The maximum Gasteiger partial charge on any atom is 0.322 e. The first-order chi connectivity index (χ1) is 21.6. The third-order valence-corrected chi connectivity index (χ3v) is 8.58. The average molecular weight is 620 g/mol. The number of fused-ring (bicyclic) bond motifs is 1. The second-order valence-corrected chi connectivity index (χ2v) is 11.7. The highest BCUT2D eigenvalue weighted by Gasteiger charge is 2.24. The molecule has 4 aromatic heterocycles. The van der Waals surface area contributed by atoms with Crippen molar-refractivity contribution in [3.63, 3.8) is 0 Å². The molecule has 3 N–H and O–H groups in total. The number of nitrogens with zero attached hydrogens (tertiary/aromatic N) is 5. The summed E-state index contributed by atoms with van der Waals surface area (Å²) in [6, 6.07) is 12.4. The van der Waals surface area contributed by atoms with Crippen LogP contribution in [0.3, 0.4) is 0 Å². The number of aryl methyl sites for hydroxylation is 3. The molecule has 9 nitrogen and oxygen atoms in total. The molecular weight excluding hydrogens is 589 g/mol. The van der Waals surface area contributed by atoms with E-state index in [9.17, 15) is 4.79 Å². The lowest BCUT2D eigenvalue weighted by molar-refractivity contribution is -0.112. The van der Waals surface area contributed by atoms with Crippen LogP contribution in [0.1, 0.15) is 25.1 Å². The first-order valence-electron chi connectivity index (χ1n) is 14.2. The van der Waals surface area contributed by atoms with Crippen LogP contribution in [0.25, 0.3) is 42.8 Å². The van der Waals surface area contributed by atoms with Crippen molar-refractivity contribution < 1.29 is 13.9 Å². The number of hydrogen-bond acceptors (Lipinski definition) is 8. The van der Waals surface area contributed by atoms with Gasteiger partial charge in [-0.1, -0.05) is 25.6 Å². The molecule has 0 aliphatic carbocycles. The lowest BCUT2D eigenvalue weighted by Crippen LogP contribution is -2.12. The van der Waals surface area contributed by atoms with Gasteiger partial charge in [-0.2, -0.15) is 5.10 Å². The highest BCUT2D eigenvalue weighted by Crippen LogP contribution is 2.50. The fourth-order valence-corrected chi connectivity index (χ4v) is 6.51. The molecule has 6 rings (SSSR count). The Morgan fingerprint density at radius 3 is 2.62 bits per heavy atom. The smallest absolute Gasteiger partial charge is 0.322 e. The van der Waals surface area contributed by atoms with Gasteiger partial charge < -0.3 is 15.8 Å². The lowest BCUT2D eigenvalue weighted by Gasteiger charge is -2.14. The number of hydrogen-bond donors (Lipinski definition) is 2. The Balaban J connectivity index is 1.56. The van der Waals surface area contributed by atoms with Crippen LogP contribution in [0.15, 0.2) is 79.4 Å². The minimum Gasteiger partial charge on any atom is -0.421 e. The molecule has 0 spiro atoms. The van der Waals surface area contributed by atoms with Gasteiger partial charge in [0.2, 0.25) is 0 Å². The molecule has 45 heavy (non-hydrogen) atoms. The fraction of sp³-hybridized carbons (Fsp3) is 0.147. The van der Waals surface area contributed by atoms with E-state index in [-0.39, 0.29) is 17.7 Å². The molecule has 1 amide bonds. The molecule has 6 aromatic rings. The van der Waals surface area contributed by atoms with Gasteiger partial charge in [-0.3, -0.25) is 9.48 Å². The summed E-state index contributed by atoms with van der Waals surface area (Å²) < 4.78 is 24.0. The van der Waals surface area contributed by atoms with Crippen molar-refractivity contribution in [1.82, 2.24) is 24.7 Å². The van der Waals surface area contributed by atoms with E-state index in [2.05, 4.69) is 31.9 Å². The average Bonchev–Trinajstić information content (AvgIpc) is 3.63. The van der Waals surface area contributed by atoms with Gasteiger partial charge in [-0.05, 0) is 67.3 Å². The Morgan fingerprint density at radius 1 is 1.11 bits per heavy atom. The zero-order valence-electron chi connectivity index (χ0n) is 25.2. The largest absolute Gasteiger partial charge is 0.421 e. The summed E-state index contributed by atoms with van der Waals surface area (Å²) in [4.78, 5) is 26.1. The summed E-state index contributed by atoms with van der Waals surface area (Å²) in [5.41, 5.74) is 13.4. The number of anilines is 2. The SMILES string of the molecule is C=C(C)C(=O)Nc1ccc(-c2sc3c(-c4cnn(C)c4)cnc(N)c3c2-c2ccc(Oc3nccc(C)n3)c(F)c2)c(CC)c1. The van der Waals surface area contributed by atoms with E-state index in [1.807, 2.05) is 38.4 Å². The number of benzene rings is 2. The van der Waals surface area contributed by atoms with Gasteiger partial charge in [-0.15, -0.1) is 11.3 Å². The molecule has 4 heterocycles. The molecule has 0 fully saturated rings. The molecule has 0 atom stereocenters. The van der Waals surface area contributed by atoms with Gasteiger partial charge in [0, 0.05) is 74.2 Å². The molecular formula is C34H30FN7O2S. The minimum atomic E-state index is -0.577. The Kier molecular flexibility index (Phi) is 7.86. The molecule has 0 bridgehead atoms. The second-order valence-electron chi connectivity index (χ2n) is 10.7. The molecule has 0 aliphatic heterocycles. The number of nitrogens with one attached hydrogen (secondary N) is 1. The zero-order valence-corrected chi connectivity index (χ0v) is 26.0. The number of amides is 1. The van der Waals surface area contributed by atoms with Gasteiger partial charge in [0.05, 0.1) is 6.20 Å². The highest BCUT2D eigenvalue weighted by molar-refractivity contribution is 7.23. The highest BCUT2D eigenvalue weighted by atomic mass is 32.1. The molecule has 226 valence electrons. The zero-order chi connectivity index (χ0) is 31.8. The molecule has 0 unspecified atom stereocenters. The Hall–Kier alpha value is -5.42. The summed E-state index contributed by atoms with van der Waals surface area (Å²) in [5.74, 6) is -0.501. The first-order valence-corrected chi connectivity index (χ1v) is 15.0. The van der Waals surface area contributed by atoms with Gasteiger partial charge in [0.15, 0.2) is 11.6 Å². The summed E-state index contributed by atoms with van der Waals surface area (Å²) in [6.07, 6.45) is 7.68. The van der Waals surface area contributed by atoms with E-state index < -0.39 is 5.82 Å². The number of nitrogen functional groups attached to an aromatic ring is 1. The number of thiophene rings is 1. The van der Waals surface area contributed by atoms with Crippen molar-refractivity contribution in [1.29, 1.82) is 0 Å². The first kappa shape index (κ1) is 29.6. The maximum absolute atomic E-state index is 15.7. The lowest BCUT2D eigenvalue weighted by atomic mass is 9.94. The van der Waals surface area contributed by atoms with Crippen LogP contribution in [0.5, 0.6) is 11.8 Å². The van der Waals surface area contributed by atoms with E-state index in [0.29, 0.717) is 40.1 Å². The summed E-state index contributed by atoms with van der Waals surface area (Å²) in [6.45, 7) is 9.25. The van der Waals surface area contributed by atoms with E-state index in [1.165, 1.54) is 6.07 Å². The van der Waals surface area contributed by atoms with Gasteiger partial charge >= 0.3 is 6.01 Å². The predicted molar refractivity (Wildman–Crippen MR) is 177 cm³/mol. The quantitative estimate of drug-likeness (QED) is 0.167. The minimum absolute atomic E-state index is 0.000523. The summed E-state index contributed by atoms with van der Waals surface area (Å²) in [5, 5.41) is 7.96. The normalized spacial score (nSPS) is 11.1. The van der Waals surface area contributed by atoms with Crippen LogP contribution < -0.4 is 15.8 Å². The van der Waals surface area contributed by atoms with E-state index in [0.717, 1.165) is 37.4 Å². The van der Waals surface area contributed by atoms with Crippen LogP contribution in [-0.4, -0.2) is 30.6 Å². The Labute approximate surface area is 263 Å². The molecule has 0 saturated heterocycles. The van der Waals surface area contributed by atoms with Crippen LogP contribution >= 0.6 is 11.3 Å². The number of aromatic nitrogens is 5. The van der Waals surface area contributed by atoms with E-state index in [4.69, 9.17) is 10.5 Å². The van der Waals surface area contributed by atoms with Crippen LogP contribution in [-0.2, 0) is 18.3 Å². The second kappa shape index (κ2) is 11.9. The van der Waals surface area contributed by atoms with E-state index >= 15 is 4.39 Å². The Morgan fingerprint density at radius 2 is 1.93 bits per heavy atom.